The van der Waals surface area contributed by atoms with Crippen molar-refractivity contribution in [1.82, 2.24) is 0 Å². The predicted molar refractivity (Wildman–Crippen MR) is 173 cm³/mol. The van der Waals surface area contributed by atoms with Gasteiger partial charge < -0.3 is 19.0 Å². The van der Waals surface area contributed by atoms with Crippen molar-refractivity contribution in [2.24, 2.45) is 23.7 Å². The number of ether oxygens (including phenoxy) is 2. The fourth-order valence-electron chi connectivity index (χ4n) is 5.79. The first-order valence-electron chi connectivity index (χ1n) is 15.8. The second-order valence-corrected chi connectivity index (χ2v) is 13.3. The molecule has 0 aliphatic carbocycles. The van der Waals surface area contributed by atoms with E-state index in [0.717, 1.165) is 35.8 Å². The molecular weight excluding hydrogens is 552 g/mol. The Kier molecular flexibility index (Phi) is 11.1. The van der Waals surface area contributed by atoms with Gasteiger partial charge in [-0.2, -0.15) is 0 Å². The molecule has 6 heteroatoms. The third-order valence-corrected chi connectivity index (χ3v) is 8.04. The molecule has 0 bridgehead atoms. The van der Waals surface area contributed by atoms with Crippen molar-refractivity contribution in [2.75, 3.05) is 13.2 Å². The number of fused-ring (bicyclic) bond motifs is 1. The minimum absolute atomic E-state index is 0.194. The summed E-state index contributed by atoms with van der Waals surface area (Å²) in [5.41, 5.74) is 2.98. The molecule has 1 fully saturated rings. The average molecular weight is 599 g/mol. The minimum Gasteiger partial charge on any atom is -0.461 e. The van der Waals surface area contributed by atoms with Gasteiger partial charge in [-0.05, 0) is 80.3 Å². The number of carbonyl (C=O) groups is 2. The summed E-state index contributed by atoms with van der Waals surface area (Å²) in [6.45, 7) is 12.1. The minimum atomic E-state index is -1.25. The van der Waals surface area contributed by atoms with Crippen LogP contribution in [0.4, 0.5) is 0 Å². The highest BCUT2D eigenvalue weighted by Crippen LogP contribution is 2.33. The van der Waals surface area contributed by atoms with E-state index >= 15 is 0 Å². The molecule has 1 N–H and O–H groups in total. The maximum Gasteiger partial charge on any atom is 0.334 e. The van der Waals surface area contributed by atoms with Crippen LogP contribution in [0.2, 0.25) is 0 Å². The molecule has 2 aromatic carbocycles. The van der Waals surface area contributed by atoms with E-state index in [1.165, 1.54) is 5.56 Å². The van der Waals surface area contributed by atoms with Crippen LogP contribution in [0.25, 0.3) is 11.0 Å². The molecule has 2 atom stereocenters. The number of esters is 2. The Balaban J connectivity index is 1.34. The predicted octanol–water partition coefficient (Wildman–Crippen LogP) is 7.57. The van der Waals surface area contributed by atoms with E-state index in [-0.39, 0.29) is 13.0 Å². The number of allylic oxidation sites excluding steroid dienone is 1. The zero-order valence-electron chi connectivity index (χ0n) is 26.9. The second-order valence-electron chi connectivity index (χ2n) is 13.3. The molecule has 0 amide bonds. The van der Waals surface area contributed by atoms with Crippen LogP contribution in [-0.2, 0) is 25.5 Å². The summed E-state index contributed by atoms with van der Waals surface area (Å²) in [7, 11) is 0. The van der Waals surface area contributed by atoms with E-state index in [0.29, 0.717) is 41.1 Å². The molecule has 4 rings (SSSR count). The van der Waals surface area contributed by atoms with Crippen LogP contribution in [0, 0.1) is 42.4 Å². The van der Waals surface area contributed by atoms with Crippen LogP contribution in [0.1, 0.15) is 82.8 Å². The molecule has 44 heavy (non-hydrogen) atoms. The van der Waals surface area contributed by atoms with E-state index in [4.69, 9.17) is 13.9 Å². The van der Waals surface area contributed by atoms with E-state index in [9.17, 15) is 14.7 Å². The number of aryl methyl sites for hydroxylation is 1. The Morgan fingerprint density at radius 1 is 1.00 bits per heavy atom. The van der Waals surface area contributed by atoms with E-state index in [1.54, 1.807) is 6.92 Å². The Hall–Kier alpha value is -3.82. The molecule has 2 heterocycles. The number of rotatable bonds is 12. The molecule has 3 aromatic rings. The first-order chi connectivity index (χ1) is 20.9. The van der Waals surface area contributed by atoms with Crippen LogP contribution >= 0.6 is 0 Å². The number of carbonyl (C=O) groups excluding carboxylic acids is 2. The Morgan fingerprint density at radius 3 is 2.32 bits per heavy atom. The van der Waals surface area contributed by atoms with Crippen molar-refractivity contribution >= 4 is 22.9 Å². The van der Waals surface area contributed by atoms with Gasteiger partial charge in [0.05, 0.1) is 12.5 Å². The van der Waals surface area contributed by atoms with Crippen molar-refractivity contribution in [1.29, 1.82) is 0 Å². The number of furan rings is 1. The van der Waals surface area contributed by atoms with Crippen molar-refractivity contribution in [3.05, 3.63) is 82.6 Å². The van der Waals surface area contributed by atoms with Gasteiger partial charge in [-0.15, -0.1) is 0 Å². The van der Waals surface area contributed by atoms with Crippen molar-refractivity contribution in [2.45, 2.75) is 79.2 Å². The number of hydrogen-bond donors (Lipinski definition) is 1. The van der Waals surface area contributed by atoms with Crippen molar-refractivity contribution < 1.29 is 28.6 Å². The smallest absolute Gasteiger partial charge is 0.334 e. The lowest BCUT2D eigenvalue weighted by Gasteiger charge is -2.25. The number of hydrogen-bond acceptors (Lipinski definition) is 6. The highest BCUT2D eigenvalue weighted by molar-refractivity contribution is 5.91. The molecule has 1 saturated heterocycles. The molecular formula is C38H46O6. The number of cyclic esters (lactones) is 1. The molecule has 6 nitrogen and oxygen atoms in total. The van der Waals surface area contributed by atoms with Crippen molar-refractivity contribution in [3.8, 4) is 11.8 Å². The first-order valence-corrected chi connectivity index (χ1v) is 15.8. The number of benzene rings is 2. The maximum atomic E-state index is 12.9. The zero-order valence-corrected chi connectivity index (χ0v) is 26.9. The fraction of sp³-hybridized carbons (Fsp3) is 0.474. The van der Waals surface area contributed by atoms with Gasteiger partial charge in [0.15, 0.2) is 5.60 Å². The quantitative estimate of drug-likeness (QED) is 0.132. The Labute approximate surface area is 261 Å². The first kappa shape index (κ1) is 33.1. The molecule has 0 radical (unpaired) electrons. The molecule has 1 aromatic heterocycles. The monoisotopic (exact) mass is 598 g/mol. The maximum absolute atomic E-state index is 12.9. The highest BCUT2D eigenvalue weighted by atomic mass is 16.6. The largest absolute Gasteiger partial charge is 0.461 e. The van der Waals surface area contributed by atoms with Gasteiger partial charge in [-0.25, -0.2) is 4.79 Å². The third kappa shape index (κ3) is 9.09. The van der Waals surface area contributed by atoms with Gasteiger partial charge in [0.25, 0.3) is 0 Å². The van der Waals surface area contributed by atoms with Crippen molar-refractivity contribution in [3.63, 3.8) is 0 Å². The summed E-state index contributed by atoms with van der Waals surface area (Å²) in [4.78, 5) is 25.6. The van der Waals surface area contributed by atoms with Crippen LogP contribution in [-0.4, -0.2) is 35.9 Å². The number of aliphatic hydroxyl groups is 1. The van der Waals surface area contributed by atoms with E-state index in [1.807, 2.05) is 61.5 Å². The van der Waals surface area contributed by atoms with E-state index in [2.05, 4.69) is 39.5 Å². The standard InChI is InChI=1S/C38H46O6/c1-25(2)17-31(18-26(3)4)14-16-33-22-38(23-39,44-37(33)41)24-42-36(40)28(6)19-34-21-32-15-13-30(20-35(32)43-34)12-11-29-9-7-27(5)8-10-29/h7-10,13,15-16,20-21,25-26,28,31,39H,14,17-19,22-24H2,1-6H3/b33-16+/t28-,38-/m1/s1. The molecule has 1 aliphatic heterocycles. The lowest BCUT2D eigenvalue weighted by atomic mass is 9.86. The Morgan fingerprint density at radius 2 is 1.66 bits per heavy atom. The van der Waals surface area contributed by atoms with Crippen LogP contribution in [0.15, 0.2) is 64.6 Å². The molecule has 1 aliphatic rings. The second kappa shape index (κ2) is 14.8. The lowest BCUT2D eigenvalue weighted by Crippen LogP contribution is -2.40. The topological polar surface area (TPSA) is 86.0 Å². The molecule has 0 spiro atoms. The summed E-state index contributed by atoms with van der Waals surface area (Å²) in [5.74, 6) is 7.28. The molecule has 234 valence electrons. The van der Waals surface area contributed by atoms with Gasteiger partial charge in [-0.1, -0.05) is 70.2 Å². The van der Waals surface area contributed by atoms with Crippen LogP contribution < -0.4 is 0 Å². The molecule has 0 unspecified atom stereocenters. The van der Waals surface area contributed by atoms with Gasteiger partial charge >= 0.3 is 11.9 Å². The normalized spacial score (nSPS) is 18.2. The van der Waals surface area contributed by atoms with Gasteiger partial charge in [-0.3, -0.25) is 4.79 Å². The van der Waals surface area contributed by atoms with Gasteiger partial charge in [0, 0.05) is 34.9 Å². The third-order valence-electron chi connectivity index (χ3n) is 8.04. The van der Waals surface area contributed by atoms with Gasteiger partial charge in [0.1, 0.15) is 18.0 Å². The van der Waals surface area contributed by atoms with Crippen LogP contribution in [0.3, 0.4) is 0 Å². The Bertz CT molecular complexity index is 1520. The SMILES string of the molecule is Cc1ccc(C#Cc2ccc3cc(C[C@@H](C)C(=O)OC[C@]4(CO)C/C(=C\CC(CC(C)C)CC(C)C)C(=O)O4)oc3c2)cc1. The summed E-state index contributed by atoms with van der Waals surface area (Å²) in [6, 6.07) is 15.8. The zero-order chi connectivity index (χ0) is 31.9. The van der Waals surface area contributed by atoms with E-state index < -0.39 is 30.1 Å². The highest BCUT2D eigenvalue weighted by Gasteiger charge is 2.44. The summed E-state index contributed by atoms with van der Waals surface area (Å²) < 4.78 is 17.2. The molecule has 0 saturated carbocycles. The summed E-state index contributed by atoms with van der Waals surface area (Å²) in [5, 5.41) is 11.1. The van der Waals surface area contributed by atoms with Crippen LogP contribution in [0.5, 0.6) is 0 Å². The average Bonchev–Trinajstić information content (AvgIpc) is 3.53. The number of aliphatic hydroxyl groups excluding tert-OH is 1. The summed E-state index contributed by atoms with van der Waals surface area (Å²) in [6.07, 6.45) is 5.50. The lowest BCUT2D eigenvalue weighted by molar-refractivity contribution is -0.168. The summed E-state index contributed by atoms with van der Waals surface area (Å²) >= 11 is 0. The van der Waals surface area contributed by atoms with Gasteiger partial charge in [0.2, 0.25) is 0 Å². The fourth-order valence-corrected chi connectivity index (χ4v) is 5.79.